The number of aromatic hydroxyl groups is 3. The molecule has 0 aliphatic rings. The van der Waals surface area contributed by atoms with Crippen LogP contribution >= 0.6 is 0 Å². The number of phenols is 3. The number of rotatable bonds is 2. The van der Waals surface area contributed by atoms with Gasteiger partial charge in [-0.15, -0.1) is 0 Å². The van der Waals surface area contributed by atoms with Crippen LogP contribution in [0.15, 0.2) is 39.7 Å². The number of benzene rings is 2. The first-order chi connectivity index (χ1) is 11.0. The first-order valence-electron chi connectivity index (χ1n) is 6.79. The fraction of sp³-hybridized carbons (Fsp3) is 0.118. The third-order valence-electron chi connectivity index (χ3n) is 3.75. The van der Waals surface area contributed by atoms with Gasteiger partial charge in [-0.05, 0) is 13.0 Å². The summed E-state index contributed by atoms with van der Waals surface area (Å²) in [5, 5.41) is 30.1. The van der Waals surface area contributed by atoms with E-state index in [1.54, 1.807) is 25.1 Å². The summed E-state index contributed by atoms with van der Waals surface area (Å²) in [6.45, 7) is 1.54. The van der Waals surface area contributed by atoms with Gasteiger partial charge in [0.05, 0.1) is 12.7 Å². The number of phenolic OH excluding ortho intramolecular Hbond substituents is 3. The van der Waals surface area contributed by atoms with Crippen molar-refractivity contribution in [2.45, 2.75) is 6.92 Å². The van der Waals surface area contributed by atoms with Crippen LogP contribution < -0.4 is 10.2 Å². The van der Waals surface area contributed by atoms with Crippen molar-refractivity contribution in [2.75, 3.05) is 7.11 Å². The smallest absolute Gasteiger partial charge is 0.204 e. The predicted molar refractivity (Wildman–Crippen MR) is 84.2 cm³/mol. The Morgan fingerprint density at radius 3 is 2.39 bits per heavy atom. The Hall–Kier alpha value is -3.15. The molecule has 0 saturated heterocycles. The van der Waals surface area contributed by atoms with E-state index in [1.807, 2.05) is 0 Å². The molecule has 0 aliphatic heterocycles. The molecule has 3 N–H and O–H groups in total. The van der Waals surface area contributed by atoms with Crippen LogP contribution in [0.1, 0.15) is 5.56 Å². The number of fused-ring (bicyclic) bond motifs is 1. The summed E-state index contributed by atoms with van der Waals surface area (Å²) in [5.41, 5.74) is 0.178. The molecular formula is C17H14O6. The molecule has 23 heavy (non-hydrogen) atoms. The van der Waals surface area contributed by atoms with Crippen molar-refractivity contribution in [1.82, 2.24) is 0 Å². The zero-order valence-corrected chi connectivity index (χ0v) is 12.5. The van der Waals surface area contributed by atoms with Gasteiger partial charge < -0.3 is 24.5 Å². The largest absolute Gasteiger partial charge is 0.507 e. The lowest BCUT2D eigenvalue weighted by atomic mass is 10.0. The second-order valence-electron chi connectivity index (χ2n) is 5.06. The van der Waals surface area contributed by atoms with Crippen LogP contribution in [0.5, 0.6) is 23.0 Å². The number of hydrogen-bond donors (Lipinski definition) is 3. The molecule has 118 valence electrons. The van der Waals surface area contributed by atoms with Gasteiger partial charge in [-0.2, -0.15) is 0 Å². The van der Waals surface area contributed by atoms with Crippen LogP contribution in [0.4, 0.5) is 0 Å². The molecule has 6 nitrogen and oxygen atoms in total. The SMILES string of the molecule is COc1c(O)c(C)c2occ(-c3ccccc3O)c(=O)c2c1O. The molecule has 0 spiro atoms. The van der Waals surface area contributed by atoms with E-state index in [1.165, 1.54) is 19.4 Å². The van der Waals surface area contributed by atoms with Crippen molar-refractivity contribution in [3.63, 3.8) is 0 Å². The Morgan fingerprint density at radius 1 is 1.04 bits per heavy atom. The number of methoxy groups -OCH3 is 1. The van der Waals surface area contributed by atoms with Crippen LogP contribution in [-0.4, -0.2) is 22.4 Å². The average molecular weight is 314 g/mol. The third-order valence-corrected chi connectivity index (χ3v) is 3.75. The molecule has 0 atom stereocenters. The van der Waals surface area contributed by atoms with Gasteiger partial charge in [-0.3, -0.25) is 4.79 Å². The van der Waals surface area contributed by atoms with Crippen molar-refractivity contribution in [1.29, 1.82) is 0 Å². The molecule has 1 heterocycles. The highest BCUT2D eigenvalue weighted by atomic mass is 16.5. The Kier molecular flexibility index (Phi) is 3.37. The Labute approximate surface area is 130 Å². The molecule has 2 aromatic carbocycles. The Bertz CT molecular complexity index is 971. The molecule has 0 aliphatic carbocycles. The van der Waals surface area contributed by atoms with E-state index < -0.39 is 11.2 Å². The quantitative estimate of drug-likeness (QED) is 0.672. The summed E-state index contributed by atoms with van der Waals surface area (Å²) in [6, 6.07) is 6.31. The summed E-state index contributed by atoms with van der Waals surface area (Å²) in [7, 11) is 1.27. The summed E-state index contributed by atoms with van der Waals surface area (Å²) in [6.07, 6.45) is 1.19. The Balaban J connectivity index is 2.45. The van der Waals surface area contributed by atoms with Crippen LogP contribution in [0.25, 0.3) is 22.1 Å². The number of aryl methyl sites for hydroxylation is 1. The van der Waals surface area contributed by atoms with E-state index >= 15 is 0 Å². The third kappa shape index (κ3) is 2.07. The maximum Gasteiger partial charge on any atom is 0.204 e. The predicted octanol–water partition coefficient (Wildman–Crippen LogP) is 2.89. The van der Waals surface area contributed by atoms with Crippen molar-refractivity contribution < 1.29 is 24.5 Å². The summed E-state index contributed by atoms with van der Waals surface area (Å²) in [5.74, 6) is -1.08. The lowest BCUT2D eigenvalue weighted by Crippen LogP contribution is -2.06. The van der Waals surface area contributed by atoms with Gasteiger partial charge in [0, 0.05) is 11.1 Å². The fourth-order valence-electron chi connectivity index (χ4n) is 2.54. The lowest BCUT2D eigenvalue weighted by molar-refractivity contribution is 0.345. The normalized spacial score (nSPS) is 10.9. The van der Waals surface area contributed by atoms with E-state index in [-0.39, 0.29) is 44.9 Å². The molecule has 1 aromatic heterocycles. The van der Waals surface area contributed by atoms with E-state index in [4.69, 9.17) is 9.15 Å². The molecule has 0 unspecified atom stereocenters. The first-order valence-corrected chi connectivity index (χ1v) is 6.79. The maximum atomic E-state index is 12.8. The van der Waals surface area contributed by atoms with Crippen LogP contribution in [0, 0.1) is 6.92 Å². The second-order valence-corrected chi connectivity index (χ2v) is 5.06. The minimum atomic E-state index is -0.536. The van der Waals surface area contributed by atoms with Crippen molar-refractivity contribution >= 4 is 11.0 Å². The molecule has 0 saturated carbocycles. The molecule has 0 fully saturated rings. The zero-order valence-electron chi connectivity index (χ0n) is 12.5. The van der Waals surface area contributed by atoms with Gasteiger partial charge in [-0.25, -0.2) is 0 Å². The molecular weight excluding hydrogens is 300 g/mol. The highest BCUT2D eigenvalue weighted by molar-refractivity contribution is 5.94. The maximum absolute atomic E-state index is 12.8. The van der Waals surface area contributed by atoms with Crippen molar-refractivity contribution in [3.05, 3.63) is 46.3 Å². The summed E-state index contributed by atoms with van der Waals surface area (Å²) < 4.78 is 10.4. The second kappa shape index (κ2) is 5.24. The number of hydrogen-bond acceptors (Lipinski definition) is 6. The minimum absolute atomic E-state index is 0.0602. The highest BCUT2D eigenvalue weighted by Crippen LogP contribution is 2.44. The van der Waals surface area contributed by atoms with Gasteiger partial charge in [-0.1, -0.05) is 18.2 Å². The first kappa shape index (κ1) is 14.8. The van der Waals surface area contributed by atoms with E-state index in [9.17, 15) is 20.1 Å². The number of ether oxygens (including phenoxy) is 1. The number of para-hydroxylation sites is 1. The van der Waals surface area contributed by atoms with Gasteiger partial charge in [0.2, 0.25) is 11.2 Å². The van der Waals surface area contributed by atoms with Gasteiger partial charge in [0.25, 0.3) is 0 Å². The zero-order chi connectivity index (χ0) is 16.7. The van der Waals surface area contributed by atoms with Crippen LogP contribution in [-0.2, 0) is 0 Å². The topological polar surface area (TPSA) is 100 Å². The Morgan fingerprint density at radius 2 is 1.74 bits per heavy atom. The van der Waals surface area contributed by atoms with Crippen molar-refractivity contribution in [3.8, 4) is 34.1 Å². The molecule has 0 radical (unpaired) electrons. The van der Waals surface area contributed by atoms with Gasteiger partial charge in [0.15, 0.2) is 11.5 Å². The molecule has 0 bridgehead atoms. The summed E-state index contributed by atoms with van der Waals surface area (Å²) in [4.78, 5) is 12.8. The van der Waals surface area contributed by atoms with E-state index in [0.29, 0.717) is 0 Å². The van der Waals surface area contributed by atoms with Gasteiger partial charge >= 0.3 is 0 Å². The van der Waals surface area contributed by atoms with Gasteiger partial charge in [0.1, 0.15) is 23.0 Å². The van der Waals surface area contributed by atoms with Crippen molar-refractivity contribution in [2.24, 2.45) is 0 Å². The summed E-state index contributed by atoms with van der Waals surface area (Å²) >= 11 is 0. The molecule has 3 rings (SSSR count). The van der Waals surface area contributed by atoms with E-state index in [0.717, 1.165) is 0 Å². The fourth-order valence-corrected chi connectivity index (χ4v) is 2.54. The van der Waals surface area contributed by atoms with E-state index in [2.05, 4.69) is 0 Å². The monoisotopic (exact) mass is 314 g/mol. The lowest BCUT2D eigenvalue weighted by Gasteiger charge is -2.12. The molecule has 0 amide bonds. The highest BCUT2D eigenvalue weighted by Gasteiger charge is 2.23. The standard InChI is InChI=1S/C17H14O6/c1-8-13(19)17(22-2)15(21)12-14(20)10(7-23-16(8)12)9-5-3-4-6-11(9)18/h3-7,18-19,21H,1-2H3. The molecule has 6 heteroatoms. The average Bonchev–Trinajstić information content (AvgIpc) is 2.54. The van der Waals surface area contributed by atoms with Crippen LogP contribution in [0.3, 0.4) is 0 Å². The minimum Gasteiger partial charge on any atom is -0.507 e. The molecule has 3 aromatic rings. The van der Waals surface area contributed by atoms with Crippen LogP contribution in [0.2, 0.25) is 0 Å².